The van der Waals surface area contributed by atoms with Gasteiger partial charge in [-0.05, 0) is 36.1 Å². The Hall–Kier alpha value is -3.79. The van der Waals surface area contributed by atoms with Crippen molar-refractivity contribution < 1.29 is 19.0 Å². The first-order valence-electron chi connectivity index (χ1n) is 10.9. The Balaban J connectivity index is 1.85. The van der Waals surface area contributed by atoms with E-state index in [4.69, 9.17) is 4.74 Å². The summed E-state index contributed by atoms with van der Waals surface area (Å²) in [7, 11) is 1.32. The maximum atomic E-state index is 13.6. The Labute approximate surface area is 197 Å². The smallest absolute Gasteiger partial charge is 0.328 e. The van der Waals surface area contributed by atoms with Crippen LogP contribution in [-0.2, 0) is 9.53 Å². The lowest BCUT2D eigenvalue weighted by Crippen LogP contribution is -2.33. The molecule has 2 aromatic carbocycles. The molecule has 1 heterocycles. The quantitative estimate of drug-likeness (QED) is 0.310. The van der Waals surface area contributed by atoms with E-state index in [1.54, 1.807) is 12.1 Å². The number of halogens is 1. The van der Waals surface area contributed by atoms with Crippen molar-refractivity contribution in [3.8, 4) is 0 Å². The number of hydrogen-bond donors (Lipinski definition) is 4. The topological polar surface area (TPSA) is 121 Å². The van der Waals surface area contributed by atoms with Gasteiger partial charge in [0, 0.05) is 12.2 Å². The number of aromatic nitrogens is 3. The zero-order valence-electron chi connectivity index (χ0n) is 19.3. The predicted molar refractivity (Wildman–Crippen MR) is 128 cm³/mol. The summed E-state index contributed by atoms with van der Waals surface area (Å²) in [6, 6.07) is 14.4. The Kier molecular flexibility index (Phi) is 8.69. The predicted octanol–water partition coefficient (Wildman–Crippen LogP) is 3.90. The molecule has 0 bridgehead atoms. The van der Waals surface area contributed by atoms with Gasteiger partial charge in [0.1, 0.15) is 11.9 Å². The largest absolute Gasteiger partial charge is 0.467 e. The maximum absolute atomic E-state index is 13.6. The van der Waals surface area contributed by atoms with Gasteiger partial charge in [0.15, 0.2) is 0 Å². The van der Waals surface area contributed by atoms with Crippen LogP contribution in [0.4, 0.5) is 27.9 Å². The van der Waals surface area contributed by atoms with Crippen LogP contribution in [0.3, 0.4) is 0 Å². The first-order valence-corrected chi connectivity index (χ1v) is 10.9. The highest BCUT2D eigenvalue weighted by atomic mass is 19.1. The first-order chi connectivity index (χ1) is 16.3. The Morgan fingerprint density at radius 2 is 1.74 bits per heavy atom. The van der Waals surface area contributed by atoms with Crippen molar-refractivity contribution in [1.82, 2.24) is 15.0 Å². The highest BCUT2D eigenvalue weighted by Gasteiger charge is 2.22. The van der Waals surface area contributed by atoms with Crippen LogP contribution in [0, 0.1) is 11.7 Å². The fourth-order valence-electron chi connectivity index (χ4n) is 3.24. The number of hydrogen-bond acceptors (Lipinski definition) is 9. The standard InChI is InChI=1S/C24H29FN6O3/c1-15(2)12-19(21(33)34-3)28-24-30-22(26-14-20(32)16-8-5-4-6-9-16)29-23(31-24)27-18-11-7-10-17(25)13-18/h4-11,13,15,19-20,32H,12,14H2,1-3H3,(H3,26,27,28,29,30,31)/t19-,20?/m1/s1. The molecular formula is C24H29FN6O3. The van der Waals surface area contributed by atoms with Gasteiger partial charge in [-0.2, -0.15) is 15.0 Å². The van der Waals surface area contributed by atoms with Crippen molar-refractivity contribution in [2.75, 3.05) is 29.6 Å². The van der Waals surface area contributed by atoms with E-state index in [9.17, 15) is 14.3 Å². The van der Waals surface area contributed by atoms with Crippen molar-refractivity contribution in [3.63, 3.8) is 0 Å². The van der Waals surface area contributed by atoms with Gasteiger partial charge in [0.25, 0.3) is 0 Å². The first kappa shape index (κ1) is 24.8. The van der Waals surface area contributed by atoms with Crippen molar-refractivity contribution >= 4 is 29.5 Å². The van der Waals surface area contributed by atoms with Gasteiger partial charge >= 0.3 is 5.97 Å². The molecule has 1 aromatic heterocycles. The Bertz CT molecular complexity index is 1080. The zero-order chi connectivity index (χ0) is 24.5. The average Bonchev–Trinajstić information content (AvgIpc) is 2.82. The monoisotopic (exact) mass is 468 g/mol. The minimum atomic E-state index is -0.794. The number of carbonyl (C=O) groups excluding carboxylic acids is 1. The summed E-state index contributed by atoms with van der Waals surface area (Å²) in [6.45, 7) is 4.11. The van der Waals surface area contributed by atoms with Crippen molar-refractivity contribution in [3.05, 3.63) is 66.0 Å². The van der Waals surface area contributed by atoms with Gasteiger partial charge < -0.3 is 25.8 Å². The second-order valence-corrected chi connectivity index (χ2v) is 8.10. The summed E-state index contributed by atoms with van der Waals surface area (Å²) in [5.41, 5.74) is 1.18. The molecular weight excluding hydrogens is 439 g/mol. The lowest BCUT2D eigenvalue weighted by Gasteiger charge is -2.19. The number of aliphatic hydroxyl groups excluding tert-OH is 1. The van der Waals surface area contributed by atoms with E-state index >= 15 is 0 Å². The number of anilines is 4. The molecule has 10 heteroatoms. The molecule has 0 spiro atoms. The Morgan fingerprint density at radius 3 is 2.41 bits per heavy atom. The van der Waals surface area contributed by atoms with E-state index in [2.05, 4.69) is 30.9 Å². The van der Waals surface area contributed by atoms with Gasteiger partial charge in [0.05, 0.1) is 13.2 Å². The average molecular weight is 469 g/mol. The molecule has 2 atom stereocenters. The van der Waals surface area contributed by atoms with Gasteiger partial charge in [-0.15, -0.1) is 0 Å². The van der Waals surface area contributed by atoms with E-state index < -0.39 is 23.9 Å². The van der Waals surface area contributed by atoms with E-state index in [1.807, 2.05) is 44.2 Å². The lowest BCUT2D eigenvalue weighted by atomic mass is 10.0. The van der Waals surface area contributed by atoms with Crippen LogP contribution in [0.5, 0.6) is 0 Å². The number of carbonyl (C=O) groups is 1. The number of benzene rings is 2. The number of nitrogens with zero attached hydrogens (tertiary/aromatic N) is 3. The molecule has 0 aliphatic rings. The van der Waals surface area contributed by atoms with Gasteiger partial charge in [0.2, 0.25) is 17.8 Å². The fraction of sp³-hybridized carbons (Fsp3) is 0.333. The summed E-state index contributed by atoms with van der Waals surface area (Å²) < 4.78 is 18.5. The molecule has 0 aliphatic heterocycles. The number of methoxy groups -OCH3 is 1. The highest BCUT2D eigenvalue weighted by molar-refractivity contribution is 5.78. The van der Waals surface area contributed by atoms with Crippen LogP contribution in [0.15, 0.2) is 54.6 Å². The lowest BCUT2D eigenvalue weighted by molar-refractivity contribution is -0.141. The molecule has 180 valence electrons. The number of ether oxygens (including phenoxy) is 1. The van der Waals surface area contributed by atoms with E-state index in [-0.39, 0.29) is 30.3 Å². The minimum Gasteiger partial charge on any atom is -0.467 e. The van der Waals surface area contributed by atoms with E-state index in [0.29, 0.717) is 12.1 Å². The molecule has 0 saturated heterocycles. The SMILES string of the molecule is COC(=O)[C@@H](CC(C)C)Nc1nc(NCC(O)c2ccccc2)nc(Nc2cccc(F)c2)n1. The number of esters is 1. The van der Waals surface area contributed by atoms with Crippen molar-refractivity contribution in [2.45, 2.75) is 32.4 Å². The highest BCUT2D eigenvalue weighted by Crippen LogP contribution is 2.19. The van der Waals surface area contributed by atoms with Crippen LogP contribution in [0.2, 0.25) is 0 Å². The van der Waals surface area contributed by atoms with Gasteiger partial charge in [-0.1, -0.05) is 50.2 Å². The summed E-state index contributed by atoms with van der Waals surface area (Å²) in [4.78, 5) is 25.3. The summed E-state index contributed by atoms with van der Waals surface area (Å²) >= 11 is 0. The molecule has 3 aromatic rings. The Morgan fingerprint density at radius 1 is 1.03 bits per heavy atom. The molecule has 0 fully saturated rings. The molecule has 0 amide bonds. The molecule has 9 nitrogen and oxygen atoms in total. The molecule has 3 rings (SSSR count). The van der Waals surface area contributed by atoms with Crippen LogP contribution in [0.25, 0.3) is 0 Å². The minimum absolute atomic E-state index is 0.127. The molecule has 0 aliphatic carbocycles. The van der Waals surface area contributed by atoms with Crippen molar-refractivity contribution in [1.29, 1.82) is 0 Å². The molecule has 1 unspecified atom stereocenters. The third kappa shape index (κ3) is 7.38. The molecule has 4 N–H and O–H groups in total. The number of nitrogens with one attached hydrogen (secondary N) is 3. The van der Waals surface area contributed by atoms with Crippen LogP contribution in [0.1, 0.15) is 31.9 Å². The molecule has 0 radical (unpaired) electrons. The summed E-state index contributed by atoms with van der Waals surface area (Å²) in [5, 5.41) is 19.4. The second-order valence-electron chi connectivity index (χ2n) is 8.10. The van der Waals surface area contributed by atoms with Crippen LogP contribution >= 0.6 is 0 Å². The second kappa shape index (κ2) is 11.9. The number of rotatable bonds is 11. The zero-order valence-corrected chi connectivity index (χ0v) is 19.3. The molecule has 34 heavy (non-hydrogen) atoms. The number of aliphatic hydroxyl groups is 1. The van der Waals surface area contributed by atoms with E-state index in [0.717, 1.165) is 5.56 Å². The van der Waals surface area contributed by atoms with Gasteiger partial charge in [-0.25, -0.2) is 9.18 Å². The molecule has 0 saturated carbocycles. The summed E-state index contributed by atoms with van der Waals surface area (Å²) in [5.74, 6) is -0.219. The van der Waals surface area contributed by atoms with E-state index in [1.165, 1.54) is 19.2 Å². The summed E-state index contributed by atoms with van der Waals surface area (Å²) in [6.07, 6.45) is -0.293. The van der Waals surface area contributed by atoms with Crippen LogP contribution < -0.4 is 16.0 Å². The normalized spacial score (nSPS) is 12.6. The van der Waals surface area contributed by atoms with Gasteiger partial charge in [-0.3, -0.25) is 0 Å². The maximum Gasteiger partial charge on any atom is 0.328 e. The van der Waals surface area contributed by atoms with Crippen molar-refractivity contribution in [2.24, 2.45) is 5.92 Å². The van der Waals surface area contributed by atoms with Crippen LogP contribution in [-0.4, -0.2) is 45.7 Å². The third-order valence-corrected chi connectivity index (χ3v) is 4.85. The fourth-order valence-corrected chi connectivity index (χ4v) is 3.24. The third-order valence-electron chi connectivity index (χ3n) is 4.85.